The second-order valence-electron chi connectivity index (χ2n) is 9.38. The van der Waals surface area contributed by atoms with E-state index in [9.17, 15) is 0 Å². The molecule has 2 unspecified atom stereocenters. The predicted molar refractivity (Wildman–Crippen MR) is 144 cm³/mol. The smallest absolute Gasteiger partial charge is 0.177 e. The molecule has 0 spiro atoms. The molecule has 0 bridgehead atoms. The SMILES string of the molecule is COc1ccc(C2(C3=CCC(OC)C=C3)C=Cc3c(cc(N4CCOCC4)c4ccccc34)O2)cc1. The highest BCUT2D eigenvalue weighted by molar-refractivity contribution is 6.02. The van der Waals surface area contributed by atoms with Gasteiger partial charge in [0.25, 0.3) is 0 Å². The van der Waals surface area contributed by atoms with Gasteiger partial charge < -0.3 is 23.8 Å². The molecule has 1 aliphatic carbocycles. The molecule has 1 fully saturated rings. The van der Waals surface area contributed by atoms with Gasteiger partial charge >= 0.3 is 0 Å². The molecule has 2 heterocycles. The summed E-state index contributed by atoms with van der Waals surface area (Å²) in [6.45, 7) is 3.21. The van der Waals surface area contributed by atoms with E-state index in [1.165, 1.54) is 16.5 Å². The Kier molecular flexibility index (Phi) is 6.04. The maximum absolute atomic E-state index is 7.08. The van der Waals surface area contributed by atoms with Crippen LogP contribution < -0.4 is 14.4 Å². The second kappa shape index (κ2) is 9.49. The minimum Gasteiger partial charge on any atom is -0.497 e. The molecular weight excluding hydrogens is 450 g/mol. The number of methoxy groups -OCH3 is 2. The van der Waals surface area contributed by atoms with E-state index < -0.39 is 5.60 Å². The molecule has 3 aromatic carbocycles. The molecule has 0 amide bonds. The van der Waals surface area contributed by atoms with Gasteiger partial charge in [-0.15, -0.1) is 0 Å². The Bertz CT molecular complexity index is 1350. The number of ether oxygens (including phenoxy) is 4. The van der Waals surface area contributed by atoms with Crippen molar-refractivity contribution in [3.63, 3.8) is 0 Å². The Balaban J connectivity index is 1.51. The number of anilines is 1. The molecule has 6 rings (SSSR count). The zero-order chi connectivity index (χ0) is 24.5. The molecule has 2 aliphatic heterocycles. The minimum absolute atomic E-state index is 0.0818. The lowest BCUT2D eigenvalue weighted by Gasteiger charge is -2.39. The lowest BCUT2D eigenvalue weighted by Crippen LogP contribution is -2.37. The first-order valence-electron chi connectivity index (χ1n) is 12.5. The first-order valence-corrected chi connectivity index (χ1v) is 12.5. The monoisotopic (exact) mass is 481 g/mol. The van der Waals surface area contributed by atoms with E-state index >= 15 is 0 Å². The van der Waals surface area contributed by atoms with Gasteiger partial charge in [0.15, 0.2) is 5.60 Å². The van der Waals surface area contributed by atoms with Gasteiger partial charge in [-0.05, 0) is 41.7 Å². The molecule has 5 heteroatoms. The van der Waals surface area contributed by atoms with E-state index in [0.29, 0.717) is 0 Å². The Morgan fingerprint density at radius 2 is 1.72 bits per heavy atom. The van der Waals surface area contributed by atoms with Crippen LogP contribution in [0.5, 0.6) is 11.5 Å². The molecule has 0 saturated carbocycles. The van der Waals surface area contributed by atoms with Crippen LogP contribution in [0.25, 0.3) is 16.8 Å². The van der Waals surface area contributed by atoms with Crippen molar-refractivity contribution in [3.8, 4) is 11.5 Å². The summed E-state index contributed by atoms with van der Waals surface area (Å²) >= 11 is 0. The van der Waals surface area contributed by atoms with Crippen LogP contribution >= 0.6 is 0 Å². The van der Waals surface area contributed by atoms with E-state index in [1.54, 1.807) is 14.2 Å². The summed E-state index contributed by atoms with van der Waals surface area (Å²) in [5.74, 6) is 1.71. The van der Waals surface area contributed by atoms with E-state index in [1.807, 2.05) is 12.1 Å². The van der Waals surface area contributed by atoms with Crippen LogP contribution in [-0.2, 0) is 15.1 Å². The fourth-order valence-corrected chi connectivity index (χ4v) is 5.45. The number of morpholine rings is 1. The Labute approximate surface area is 212 Å². The quantitative estimate of drug-likeness (QED) is 0.455. The first-order chi connectivity index (χ1) is 17.7. The molecular formula is C31H31NO4. The normalized spacial score (nSPS) is 23.2. The van der Waals surface area contributed by atoms with Crippen molar-refractivity contribution in [1.29, 1.82) is 0 Å². The third-order valence-electron chi connectivity index (χ3n) is 7.44. The van der Waals surface area contributed by atoms with Crippen molar-refractivity contribution in [2.75, 3.05) is 45.4 Å². The van der Waals surface area contributed by atoms with Gasteiger partial charge in [-0.2, -0.15) is 0 Å². The fraction of sp³-hybridized carbons (Fsp3) is 0.290. The van der Waals surface area contributed by atoms with Crippen LogP contribution in [0.1, 0.15) is 17.5 Å². The van der Waals surface area contributed by atoms with Crippen LogP contribution in [0.2, 0.25) is 0 Å². The van der Waals surface area contributed by atoms with Crippen molar-refractivity contribution in [3.05, 3.63) is 95.6 Å². The molecule has 36 heavy (non-hydrogen) atoms. The van der Waals surface area contributed by atoms with Crippen molar-refractivity contribution in [1.82, 2.24) is 0 Å². The summed E-state index contributed by atoms with van der Waals surface area (Å²) in [6, 6.07) is 19.0. The van der Waals surface area contributed by atoms with Gasteiger partial charge in [-0.1, -0.05) is 54.6 Å². The van der Waals surface area contributed by atoms with Crippen molar-refractivity contribution >= 4 is 22.5 Å². The number of fused-ring (bicyclic) bond motifs is 3. The van der Waals surface area contributed by atoms with Gasteiger partial charge in [0.05, 0.1) is 26.4 Å². The van der Waals surface area contributed by atoms with E-state index in [4.69, 9.17) is 18.9 Å². The highest BCUT2D eigenvalue weighted by Crippen LogP contribution is 2.48. The summed E-state index contributed by atoms with van der Waals surface area (Å²) in [5.41, 5.74) is 3.71. The predicted octanol–water partition coefficient (Wildman–Crippen LogP) is 5.89. The Morgan fingerprint density at radius 1 is 0.944 bits per heavy atom. The summed E-state index contributed by atoms with van der Waals surface area (Å²) < 4.78 is 23.7. The Morgan fingerprint density at radius 3 is 2.42 bits per heavy atom. The standard InChI is InChI=1S/C31H31NO4/c1-33-24-11-7-22(8-12-24)31(23-9-13-25(34-2)14-10-23)16-15-28-26-5-3-4-6-27(26)29(21-30(28)36-31)32-17-19-35-20-18-32/h3-13,15-16,21,25H,14,17-20H2,1-2H3. The van der Waals surface area contributed by atoms with Crippen LogP contribution in [0.15, 0.2) is 84.5 Å². The van der Waals surface area contributed by atoms with Crippen LogP contribution in [0.3, 0.4) is 0 Å². The Hall–Kier alpha value is -3.54. The van der Waals surface area contributed by atoms with E-state index in [2.05, 4.69) is 77.7 Å². The number of nitrogens with zero attached hydrogens (tertiary/aromatic N) is 1. The van der Waals surface area contributed by atoms with Crippen molar-refractivity contribution in [2.24, 2.45) is 0 Å². The second-order valence-corrected chi connectivity index (χ2v) is 9.38. The van der Waals surface area contributed by atoms with Gasteiger partial charge in [0.2, 0.25) is 0 Å². The molecule has 1 saturated heterocycles. The molecule has 2 atom stereocenters. The third kappa shape index (κ3) is 3.89. The van der Waals surface area contributed by atoms with Crippen molar-refractivity contribution in [2.45, 2.75) is 18.1 Å². The summed E-state index contributed by atoms with van der Waals surface area (Å²) in [6.07, 6.45) is 11.8. The maximum atomic E-state index is 7.08. The van der Waals surface area contributed by atoms with Crippen LogP contribution in [0.4, 0.5) is 5.69 Å². The lowest BCUT2D eigenvalue weighted by atomic mass is 9.80. The summed E-state index contributed by atoms with van der Waals surface area (Å²) in [7, 11) is 3.44. The molecule has 5 nitrogen and oxygen atoms in total. The summed E-state index contributed by atoms with van der Waals surface area (Å²) in [5, 5.41) is 2.44. The molecule has 0 N–H and O–H groups in total. The maximum Gasteiger partial charge on any atom is 0.177 e. The average molecular weight is 482 g/mol. The summed E-state index contributed by atoms with van der Waals surface area (Å²) in [4.78, 5) is 2.41. The number of rotatable bonds is 5. The van der Waals surface area contributed by atoms with Gasteiger partial charge in [-0.3, -0.25) is 0 Å². The third-order valence-corrected chi connectivity index (χ3v) is 7.44. The zero-order valence-corrected chi connectivity index (χ0v) is 20.8. The van der Waals surface area contributed by atoms with Crippen LogP contribution in [0, 0.1) is 0 Å². The number of hydrogen-bond donors (Lipinski definition) is 0. The first kappa shape index (κ1) is 22.9. The molecule has 3 aromatic rings. The van der Waals surface area contributed by atoms with E-state index in [-0.39, 0.29) is 6.10 Å². The lowest BCUT2D eigenvalue weighted by molar-refractivity contribution is 0.122. The van der Waals surface area contributed by atoms with E-state index in [0.717, 1.165) is 60.9 Å². The van der Waals surface area contributed by atoms with Gasteiger partial charge in [-0.25, -0.2) is 0 Å². The van der Waals surface area contributed by atoms with Gasteiger partial charge in [0.1, 0.15) is 11.5 Å². The van der Waals surface area contributed by atoms with Crippen LogP contribution in [-0.4, -0.2) is 46.6 Å². The molecule has 0 radical (unpaired) electrons. The highest BCUT2D eigenvalue weighted by atomic mass is 16.5. The number of hydrogen-bond acceptors (Lipinski definition) is 5. The topological polar surface area (TPSA) is 40.2 Å². The molecule has 0 aromatic heterocycles. The molecule has 3 aliphatic rings. The highest BCUT2D eigenvalue weighted by Gasteiger charge is 2.39. The van der Waals surface area contributed by atoms with Crippen molar-refractivity contribution < 1.29 is 18.9 Å². The zero-order valence-electron chi connectivity index (χ0n) is 20.8. The van der Waals surface area contributed by atoms with Gasteiger partial charge in [0, 0.05) is 48.5 Å². The largest absolute Gasteiger partial charge is 0.497 e. The molecule has 184 valence electrons. The average Bonchev–Trinajstić information content (AvgIpc) is 2.97. The number of benzene rings is 3. The fourth-order valence-electron chi connectivity index (χ4n) is 5.45. The minimum atomic E-state index is -0.751.